The first-order valence-electron chi connectivity index (χ1n) is 15.7. The summed E-state index contributed by atoms with van der Waals surface area (Å²) in [5.41, 5.74) is 4.70. The number of nitrogens with zero attached hydrogens (tertiary/aromatic N) is 4. The van der Waals surface area contributed by atoms with E-state index in [0.717, 1.165) is 71.9 Å². The summed E-state index contributed by atoms with van der Waals surface area (Å²) in [5, 5.41) is 3.96. The summed E-state index contributed by atoms with van der Waals surface area (Å²) in [6.07, 6.45) is 11.4. The molecule has 1 N–H and O–H groups in total. The van der Waals surface area contributed by atoms with Gasteiger partial charge in [0.15, 0.2) is 11.6 Å². The molecule has 4 heterocycles. The Bertz CT molecular complexity index is 1610. The Hall–Kier alpha value is -3.88. The molecule has 1 aromatic carbocycles. The van der Waals surface area contributed by atoms with E-state index >= 15 is 0 Å². The van der Waals surface area contributed by atoms with Crippen LogP contribution in [-0.4, -0.2) is 61.4 Å². The number of hydrogen-bond donors (Lipinski definition) is 1. The maximum Gasteiger partial charge on any atom is 0.243 e. The SMILES string of the molecule is CCC(=O)[C@@H]1C[C@]23CNC(=O)[C@@H](C)CCCCCc4cc(-c5cnc(C)cn5)cc5c(C(C)=O)cn(c45)CC(=O)N1[C@@H]2C3. The number of aryl methyl sites for hydroxylation is 2. The van der Waals surface area contributed by atoms with Crippen molar-refractivity contribution in [2.75, 3.05) is 6.54 Å². The third kappa shape index (κ3) is 5.38. The van der Waals surface area contributed by atoms with Gasteiger partial charge < -0.3 is 14.8 Å². The van der Waals surface area contributed by atoms with Crippen LogP contribution in [0.15, 0.2) is 30.7 Å². The predicted octanol–water partition coefficient (Wildman–Crippen LogP) is 4.82. The largest absolute Gasteiger partial charge is 0.355 e. The monoisotopic (exact) mass is 583 g/mol. The van der Waals surface area contributed by atoms with Crippen LogP contribution in [-0.2, 0) is 27.3 Å². The second-order valence-corrected chi connectivity index (χ2v) is 12.9. The van der Waals surface area contributed by atoms with Crippen molar-refractivity contribution in [3.63, 3.8) is 0 Å². The molecular formula is C34H41N5O4. The van der Waals surface area contributed by atoms with Crippen LogP contribution in [0.2, 0.25) is 0 Å². The number of Topliss-reactive ketones (excluding diaryl/α,β-unsaturated/α-hetero) is 2. The van der Waals surface area contributed by atoms with E-state index in [0.29, 0.717) is 24.9 Å². The number of aromatic nitrogens is 3. The molecule has 2 aliphatic heterocycles. The van der Waals surface area contributed by atoms with E-state index in [2.05, 4.69) is 21.4 Å². The van der Waals surface area contributed by atoms with Gasteiger partial charge in [-0.15, -0.1) is 0 Å². The van der Waals surface area contributed by atoms with Crippen molar-refractivity contribution >= 4 is 34.3 Å². The number of carbonyl (C=O) groups is 4. The molecule has 1 aliphatic carbocycles. The van der Waals surface area contributed by atoms with Gasteiger partial charge in [0.2, 0.25) is 11.8 Å². The Balaban J connectivity index is 1.45. The summed E-state index contributed by atoms with van der Waals surface area (Å²) in [5.74, 6) is -0.176. The molecule has 9 heteroatoms. The number of nitrogens with one attached hydrogen (secondary N) is 1. The first kappa shape index (κ1) is 29.2. The van der Waals surface area contributed by atoms with Gasteiger partial charge in [-0.25, -0.2) is 0 Å². The minimum absolute atomic E-state index is 0.0456. The van der Waals surface area contributed by atoms with Crippen molar-refractivity contribution in [2.45, 2.75) is 97.7 Å². The fourth-order valence-corrected chi connectivity index (χ4v) is 7.31. The van der Waals surface area contributed by atoms with E-state index in [1.54, 1.807) is 24.2 Å². The highest BCUT2D eigenvalue weighted by Crippen LogP contribution is 2.59. The average molecular weight is 584 g/mol. The van der Waals surface area contributed by atoms with Crippen LogP contribution in [0.3, 0.4) is 0 Å². The molecule has 226 valence electrons. The lowest BCUT2D eigenvalue weighted by molar-refractivity contribution is -0.139. The standard InChI is InChI=1S/C34H41N5O4/c1-5-29(41)28-13-34-14-30(34)39(28)31(42)18-38-17-26(22(4)40)25-12-24(27-16-35-21(3)15-36-27)11-23(32(25)38)10-8-6-7-9-20(2)33(43)37-19-34/h11-12,15-17,20,28,30H,5-10,13-14,18-19H2,1-4H3,(H,37,43)/t20-,28-,30+,34-/m0/s1. The summed E-state index contributed by atoms with van der Waals surface area (Å²) >= 11 is 0. The molecule has 2 aromatic heterocycles. The number of piperidine rings is 1. The molecule has 2 amide bonds. The van der Waals surface area contributed by atoms with Crippen LogP contribution in [0.5, 0.6) is 0 Å². The molecule has 2 bridgehead atoms. The molecule has 3 aliphatic rings. The lowest BCUT2D eigenvalue weighted by Crippen LogP contribution is -2.44. The van der Waals surface area contributed by atoms with Gasteiger partial charge in [0.25, 0.3) is 0 Å². The van der Waals surface area contributed by atoms with Crippen molar-refractivity contribution in [1.29, 1.82) is 0 Å². The van der Waals surface area contributed by atoms with Gasteiger partial charge >= 0.3 is 0 Å². The molecule has 1 saturated carbocycles. The van der Waals surface area contributed by atoms with E-state index < -0.39 is 6.04 Å². The van der Waals surface area contributed by atoms with Crippen molar-refractivity contribution in [2.24, 2.45) is 11.3 Å². The van der Waals surface area contributed by atoms with E-state index in [9.17, 15) is 19.2 Å². The van der Waals surface area contributed by atoms with E-state index in [4.69, 9.17) is 0 Å². The van der Waals surface area contributed by atoms with Crippen LogP contribution >= 0.6 is 0 Å². The number of benzene rings is 1. The van der Waals surface area contributed by atoms with Crippen LogP contribution in [0, 0.1) is 18.3 Å². The molecule has 4 atom stereocenters. The lowest BCUT2D eigenvalue weighted by atomic mass is 9.95. The van der Waals surface area contributed by atoms with Crippen molar-refractivity contribution in [1.82, 2.24) is 24.8 Å². The zero-order valence-corrected chi connectivity index (χ0v) is 25.6. The lowest BCUT2D eigenvalue weighted by Gasteiger charge is -2.27. The van der Waals surface area contributed by atoms with Gasteiger partial charge in [-0.2, -0.15) is 0 Å². The van der Waals surface area contributed by atoms with Gasteiger partial charge in [-0.05, 0) is 63.6 Å². The maximum atomic E-state index is 14.1. The van der Waals surface area contributed by atoms with Crippen LogP contribution in [0.4, 0.5) is 0 Å². The Labute approximate surface area is 252 Å². The van der Waals surface area contributed by atoms with Crippen LogP contribution in [0.25, 0.3) is 22.2 Å². The van der Waals surface area contributed by atoms with E-state index in [1.165, 1.54) is 0 Å². The average Bonchev–Trinajstić information content (AvgIpc) is 3.40. The number of rotatable bonds is 4. The maximum absolute atomic E-state index is 14.1. The number of carbonyl (C=O) groups excluding carboxylic acids is 4. The van der Waals surface area contributed by atoms with Crippen LogP contribution in [0.1, 0.15) is 87.3 Å². The van der Waals surface area contributed by atoms with Gasteiger partial charge in [-0.1, -0.05) is 26.7 Å². The Morgan fingerprint density at radius 3 is 2.63 bits per heavy atom. The summed E-state index contributed by atoms with van der Waals surface area (Å²) < 4.78 is 1.92. The summed E-state index contributed by atoms with van der Waals surface area (Å²) in [7, 11) is 0. The topological polar surface area (TPSA) is 114 Å². The number of hydrogen-bond acceptors (Lipinski definition) is 6. The second-order valence-electron chi connectivity index (χ2n) is 12.9. The minimum atomic E-state index is -0.482. The highest BCUT2D eigenvalue weighted by Gasteiger charge is 2.66. The van der Waals surface area contributed by atoms with Gasteiger partial charge in [-0.3, -0.25) is 29.1 Å². The summed E-state index contributed by atoms with van der Waals surface area (Å²) in [4.78, 5) is 63.9. The smallest absolute Gasteiger partial charge is 0.243 e. The molecule has 9 nitrogen and oxygen atoms in total. The van der Waals surface area contributed by atoms with Gasteiger partial charge in [0.1, 0.15) is 6.54 Å². The molecule has 6 rings (SSSR count). The number of amides is 2. The highest BCUT2D eigenvalue weighted by atomic mass is 16.2. The van der Waals surface area contributed by atoms with Crippen molar-refractivity contribution < 1.29 is 19.2 Å². The summed E-state index contributed by atoms with van der Waals surface area (Å²) in [6, 6.07) is 3.56. The summed E-state index contributed by atoms with van der Waals surface area (Å²) in [6.45, 7) is 7.81. The highest BCUT2D eigenvalue weighted by molar-refractivity contribution is 6.09. The molecule has 1 saturated heterocycles. The third-order valence-corrected chi connectivity index (χ3v) is 9.88. The van der Waals surface area contributed by atoms with Crippen LogP contribution < -0.4 is 5.32 Å². The van der Waals surface area contributed by atoms with Crippen molar-refractivity contribution in [3.8, 4) is 11.3 Å². The fourth-order valence-electron chi connectivity index (χ4n) is 7.31. The molecule has 0 spiro atoms. The molecular weight excluding hydrogens is 542 g/mol. The molecule has 3 aromatic rings. The predicted molar refractivity (Wildman–Crippen MR) is 163 cm³/mol. The minimum Gasteiger partial charge on any atom is -0.355 e. The zero-order chi connectivity index (χ0) is 30.5. The first-order chi connectivity index (χ1) is 20.6. The zero-order valence-electron chi connectivity index (χ0n) is 25.6. The normalized spacial score (nSPS) is 26.1. The first-order valence-corrected chi connectivity index (χ1v) is 15.7. The fraction of sp³-hybridized carbons (Fsp3) is 0.529. The molecule has 0 radical (unpaired) electrons. The molecule has 0 unspecified atom stereocenters. The Kier molecular flexibility index (Phi) is 7.69. The quantitative estimate of drug-likeness (QED) is 0.441. The molecule has 43 heavy (non-hydrogen) atoms. The van der Waals surface area contributed by atoms with E-state index in [1.807, 2.05) is 37.6 Å². The van der Waals surface area contributed by atoms with Gasteiger partial charge in [0.05, 0.1) is 29.1 Å². The Morgan fingerprint density at radius 2 is 1.91 bits per heavy atom. The third-order valence-electron chi connectivity index (χ3n) is 9.88. The molecule has 2 fully saturated rings. The Morgan fingerprint density at radius 1 is 1.09 bits per heavy atom. The van der Waals surface area contributed by atoms with Gasteiger partial charge in [0, 0.05) is 59.2 Å². The number of ketones is 2. The second kappa shape index (κ2) is 11.3. The van der Waals surface area contributed by atoms with Crippen molar-refractivity contribution in [3.05, 3.63) is 47.5 Å². The van der Waals surface area contributed by atoms with E-state index in [-0.39, 0.29) is 47.3 Å².